The Labute approximate surface area is 162 Å². The predicted molar refractivity (Wildman–Crippen MR) is 111 cm³/mol. The molecule has 0 aromatic heterocycles. The van der Waals surface area contributed by atoms with Crippen molar-refractivity contribution in [2.45, 2.75) is 63.6 Å². The number of nitrogens with one attached hydrogen (secondary N) is 2. The fourth-order valence-electron chi connectivity index (χ4n) is 4.49. The molecule has 4 heteroatoms. The van der Waals surface area contributed by atoms with Crippen LogP contribution in [0.15, 0.2) is 54.6 Å². The van der Waals surface area contributed by atoms with Gasteiger partial charge in [-0.2, -0.15) is 0 Å². The first-order valence-electron chi connectivity index (χ1n) is 10.2. The first-order valence-corrected chi connectivity index (χ1v) is 10.2. The van der Waals surface area contributed by atoms with Crippen molar-refractivity contribution in [3.05, 3.63) is 60.2 Å². The summed E-state index contributed by atoms with van der Waals surface area (Å²) in [5.41, 5.74) is 3.33. The monoisotopic (exact) mass is 363 g/mol. The van der Waals surface area contributed by atoms with Gasteiger partial charge in [-0.1, -0.05) is 55.7 Å². The van der Waals surface area contributed by atoms with E-state index in [1.165, 1.54) is 24.8 Å². The van der Waals surface area contributed by atoms with E-state index in [1.807, 2.05) is 29.2 Å². The summed E-state index contributed by atoms with van der Waals surface area (Å²) in [5.74, 6) is 0. The number of fused-ring (bicyclic) bond motifs is 1. The second kappa shape index (κ2) is 8.03. The molecule has 2 atom stereocenters. The van der Waals surface area contributed by atoms with Gasteiger partial charge in [-0.3, -0.25) is 4.90 Å². The highest BCUT2D eigenvalue weighted by molar-refractivity contribution is 5.94. The van der Waals surface area contributed by atoms with Gasteiger partial charge in [0.25, 0.3) is 0 Å². The lowest BCUT2D eigenvalue weighted by atomic mass is 9.91. The number of amides is 2. The molecule has 4 rings (SSSR count). The number of anilines is 2. The fraction of sp³-hybridized carbons (Fsp3) is 0.435. The van der Waals surface area contributed by atoms with Crippen molar-refractivity contribution in [2.75, 3.05) is 10.2 Å². The number of benzene rings is 2. The van der Waals surface area contributed by atoms with Gasteiger partial charge in [0, 0.05) is 17.8 Å². The van der Waals surface area contributed by atoms with Gasteiger partial charge in [0.05, 0.1) is 11.7 Å². The minimum atomic E-state index is 0.0556. The molecule has 2 aromatic carbocycles. The average molecular weight is 364 g/mol. The maximum Gasteiger partial charge on any atom is 0.322 e. The van der Waals surface area contributed by atoms with Crippen LogP contribution in [0.5, 0.6) is 0 Å². The SMILES string of the molecule is C[C@@H]1C[C@H](Nc2ccccc2)c2ccccc2N1C(=O)NC1CCCCC1. The van der Waals surface area contributed by atoms with Gasteiger partial charge in [0.1, 0.15) is 0 Å². The van der Waals surface area contributed by atoms with Crippen LogP contribution in [0.1, 0.15) is 57.1 Å². The zero-order valence-corrected chi connectivity index (χ0v) is 16.0. The molecule has 1 aliphatic heterocycles. The zero-order valence-electron chi connectivity index (χ0n) is 16.0. The third-order valence-electron chi connectivity index (χ3n) is 5.86. The van der Waals surface area contributed by atoms with E-state index < -0.39 is 0 Å². The lowest BCUT2D eigenvalue weighted by molar-refractivity contribution is 0.235. The molecule has 2 N–H and O–H groups in total. The quantitative estimate of drug-likeness (QED) is 0.758. The number of para-hydroxylation sites is 2. The van der Waals surface area contributed by atoms with E-state index in [1.54, 1.807) is 0 Å². The van der Waals surface area contributed by atoms with Crippen LogP contribution in [-0.2, 0) is 0 Å². The van der Waals surface area contributed by atoms with Crippen LogP contribution in [0.3, 0.4) is 0 Å². The van der Waals surface area contributed by atoms with Crippen LogP contribution < -0.4 is 15.5 Å². The fourth-order valence-corrected chi connectivity index (χ4v) is 4.49. The molecule has 1 fully saturated rings. The summed E-state index contributed by atoms with van der Waals surface area (Å²) >= 11 is 0. The Morgan fingerprint density at radius 3 is 2.44 bits per heavy atom. The maximum atomic E-state index is 13.1. The molecule has 0 spiro atoms. The molecule has 1 heterocycles. The minimum Gasteiger partial charge on any atom is -0.378 e. The van der Waals surface area contributed by atoms with Crippen molar-refractivity contribution >= 4 is 17.4 Å². The van der Waals surface area contributed by atoms with Crippen molar-refractivity contribution in [1.29, 1.82) is 0 Å². The Morgan fingerprint density at radius 2 is 1.67 bits per heavy atom. The highest BCUT2D eigenvalue weighted by Gasteiger charge is 2.34. The molecule has 2 aromatic rings. The van der Waals surface area contributed by atoms with E-state index in [0.29, 0.717) is 6.04 Å². The number of urea groups is 1. The smallest absolute Gasteiger partial charge is 0.322 e. The summed E-state index contributed by atoms with van der Waals surface area (Å²) in [7, 11) is 0. The van der Waals surface area contributed by atoms with Crippen molar-refractivity contribution < 1.29 is 4.79 Å². The Balaban J connectivity index is 1.56. The van der Waals surface area contributed by atoms with Crippen LogP contribution in [0.2, 0.25) is 0 Å². The number of carbonyl (C=O) groups excluding carboxylic acids is 1. The molecule has 2 aliphatic rings. The number of nitrogens with zero attached hydrogens (tertiary/aromatic N) is 1. The third kappa shape index (κ3) is 3.95. The van der Waals surface area contributed by atoms with Gasteiger partial charge >= 0.3 is 6.03 Å². The van der Waals surface area contributed by atoms with Gasteiger partial charge in [-0.15, -0.1) is 0 Å². The van der Waals surface area contributed by atoms with Gasteiger partial charge in [0.2, 0.25) is 0 Å². The van der Waals surface area contributed by atoms with Gasteiger partial charge in [-0.25, -0.2) is 4.79 Å². The number of rotatable bonds is 3. The molecule has 0 unspecified atom stereocenters. The van der Waals surface area contributed by atoms with Crippen molar-refractivity contribution in [1.82, 2.24) is 5.32 Å². The lowest BCUT2D eigenvalue weighted by Crippen LogP contribution is -2.51. The Morgan fingerprint density at radius 1 is 0.963 bits per heavy atom. The van der Waals surface area contributed by atoms with E-state index in [2.05, 4.69) is 47.9 Å². The largest absolute Gasteiger partial charge is 0.378 e. The summed E-state index contributed by atoms with van der Waals surface area (Å²) in [6.07, 6.45) is 6.84. The summed E-state index contributed by atoms with van der Waals surface area (Å²) in [6.45, 7) is 2.15. The van der Waals surface area contributed by atoms with E-state index in [0.717, 1.165) is 30.6 Å². The van der Waals surface area contributed by atoms with E-state index in [4.69, 9.17) is 0 Å². The van der Waals surface area contributed by atoms with E-state index in [9.17, 15) is 4.79 Å². The van der Waals surface area contributed by atoms with Crippen molar-refractivity contribution in [2.24, 2.45) is 0 Å². The molecule has 1 aliphatic carbocycles. The standard InChI is InChI=1S/C23H29N3O/c1-17-16-21(24-18-10-4-2-5-11-18)20-14-8-9-15-22(20)26(17)23(27)25-19-12-6-3-7-13-19/h2,4-5,8-11,14-15,17,19,21,24H,3,6-7,12-13,16H2,1H3,(H,25,27)/t17-,21+/m1/s1. The highest BCUT2D eigenvalue weighted by atomic mass is 16.2. The second-order valence-electron chi connectivity index (χ2n) is 7.86. The Hall–Kier alpha value is -2.49. The first-order chi connectivity index (χ1) is 13.2. The first kappa shape index (κ1) is 17.9. The topological polar surface area (TPSA) is 44.4 Å². The minimum absolute atomic E-state index is 0.0556. The molecule has 0 bridgehead atoms. The molecular formula is C23H29N3O. The van der Waals surface area contributed by atoms with Gasteiger partial charge in [0.15, 0.2) is 0 Å². The van der Waals surface area contributed by atoms with Crippen LogP contribution in [0.25, 0.3) is 0 Å². The van der Waals surface area contributed by atoms with E-state index in [-0.39, 0.29) is 18.1 Å². The molecule has 4 nitrogen and oxygen atoms in total. The summed E-state index contributed by atoms with van der Waals surface area (Å²) in [4.78, 5) is 15.1. The molecule has 142 valence electrons. The van der Waals surface area contributed by atoms with Crippen LogP contribution in [0, 0.1) is 0 Å². The molecule has 1 saturated carbocycles. The number of hydrogen-bond acceptors (Lipinski definition) is 2. The van der Waals surface area contributed by atoms with Gasteiger partial charge < -0.3 is 10.6 Å². The predicted octanol–water partition coefficient (Wildman–Crippen LogP) is 5.48. The lowest BCUT2D eigenvalue weighted by Gasteiger charge is -2.40. The van der Waals surface area contributed by atoms with Crippen LogP contribution in [0.4, 0.5) is 16.2 Å². The molecule has 27 heavy (non-hydrogen) atoms. The average Bonchev–Trinajstić information content (AvgIpc) is 2.69. The summed E-state index contributed by atoms with van der Waals surface area (Å²) in [5, 5.41) is 6.94. The third-order valence-corrected chi connectivity index (χ3v) is 5.86. The second-order valence-corrected chi connectivity index (χ2v) is 7.86. The Kier molecular flexibility index (Phi) is 5.33. The summed E-state index contributed by atoms with van der Waals surface area (Å²) < 4.78 is 0. The molecule has 2 amide bonds. The maximum absolute atomic E-state index is 13.1. The Bertz CT molecular complexity index is 770. The molecule has 0 saturated heterocycles. The van der Waals surface area contributed by atoms with Crippen LogP contribution >= 0.6 is 0 Å². The van der Waals surface area contributed by atoms with E-state index >= 15 is 0 Å². The van der Waals surface area contributed by atoms with Crippen molar-refractivity contribution in [3.8, 4) is 0 Å². The van der Waals surface area contributed by atoms with Gasteiger partial charge in [-0.05, 0) is 49.9 Å². The summed E-state index contributed by atoms with van der Waals surface area (Å²) in [6, 6.07) is 19.3. The molecular weight excluding hydrogens is 334 g/mol. The molecule has 0 radical (unpaired) electrons. The normalized spacial score (nSPS) is 22.8. The number of carbonyl (C=O) groups is 1. The number of hydrogen-bond donors (Lipinski definition) is 2. The highest BCUT2D eigenvalue weighted by Crippen LogP contribution is 2.39. The van der Waals surface area contributed by atoms with Crippen LogP contribution in [-0.4, -0.2) is 18.1 Å². The van der Waals surface area contributed by atoms with Crippen molar-refractivity contribution in [3.63, 3.8) is 0 Å². The zero-order chi connectivity index (χ0) is 18.6.